The molecule has 3 aromatic rings. The number of carbonyl (C=O) groups is 1. The third-order valence-electron chi connectivity index (χ3n) is 4.18. The van der Waals surface area contributed by atoms with E-state index in [2.05, 4.69) is 10.3 Å². The molecule has 5 heteroatoms. The van der Waals surface area contributed by atoms with Gasteiger partial charge >= 0.3 is 0 Å². The SMILES string of the molecule is CCOc1ccc(-c2cnc(CCC(=O)NCc3ccc(C)cc3)o2)cc1. The lowest BCUT2D eigenvalue weighted by atomic mass is 10.1. The van der Waals surface area contributed by atoms with E-state index in [1.165, 1.54) is 5.56 Å². The van der Waals surface area contributed by atoms with E-state index in [0.717, 1.165) is 16.9 Å². The summed E-state index contributed by atoms with van der Waals surface area (Å²) in [7, 11) is 0. The first kappa shape index (κ1) is 18.7. The quantitative estimate of drug-likeness (QED) is 0.647. The van der Waals surface area contributed by atoms with E-state index in [0.29, 0.717) is 37.6 Å². The van der Waals surface area contributed by atoms with Crippen LogP contribution in [0.1, 0.15) is 30.4 Å². The Bertz CT molecular complexity index is 867. The van der Waals surface area contributed by atoms with Gasteiger partial charge in [0.15, 0.2) is 11.7 Å². The van der Waals surface area contributed by atoms with Crippen LogP contribution >= 0.6 is 0 Å². The molecule has 5 nitrogen and oxygen atoms in total. The first-order valence-electron chi connectivity index (χ1n) is 9.14. The van der Waals surface area contributed by atoms with Gasteiger partial charge in [-0.05, 0) is 43.7 Å². The Kier molecular flexibility index (Phi) is 6.26. The Hall–Kier alpha value is -3.08. The zero-order valence-corrected chi connectivity index (χ0v) is 15.7. The standard InChI is InChI=1S/C22H24N2O3/c1-3-26-19-10-8-18(9-11-19)20-15-24-22(27-20)13-12-21(25)23-14-17-6-4-16(2)5-7-17/h4-11,15H,3,12-14H2,1-2H3,(H,23,25). The summed E-state index contributed by atoms with van der Waals surface area (Å²) in [6.07, 6.45) is 2.50. The van der Waals surface area contributed by atoms with E-state index in [1.807, 2.05) is 62.4 Å². The summed E-state index contributed by atoms with van der Waals surface area (Å²) in [4.78, 5) is 16.3. The average molecular weight is 364 g/mol. The molecule has 0 aliphatic rings. The number of aromatic nitrogens is 1. The molecule has 0 fully saturated rings. The topological polar surface area (TPSA) is 64.4 Å². The van der Waals surface area contributed by atoms with Crippen LogP contribution < -0.4 is 10.1 Å². The molecule has 0 aliphatic heterocycles. The van der Waals surface area contributed by atoms with Gasteiger partial charge in [-0.1, -0.05) is 29.8 Å². The van der Waals surface area contributed by atoms with Crippen molar-refractivity contribution in [2.45, 2.75) is 33.2 Å². The van der Waals surface area contributed by atoms with Gasteiger partial charge in [0, 0.05) is 24.9 Å². The van der Waals surface area contributed by atoms with Gasteiger partial charge < -0.3 is 14.5 Å². The van der Waals surface area contributed by atoms with Crippen LogP contribution in [-0.4, -0.2) is 17.5 Å². The average Bonchev–Trinajstić information content (AvgIpc) is 3.16. The molecule has 0 atom stereocenters. The van der Waals surface area contributed by atoms with E-state index in [1.54, 1.807) is 6.20 Å². The zero-order chi connectivity index (χ0) is 19.1. The summed E-state index contributed by atoms with van der Waals surface area (Å²) < 4.78 is 11.2. The van der Waals surface area contributed by atoms with Crippen molar-refractivity contribution in [1.82, 2.24) is 10.3 Å². The number of nitrogens with one attached hydrogen (secondary N) is 1. The van der Waals surface area contributed by atoms with Crippen molar-refractivity contribution < 1.29 is 13.9 Å². The number of amides is 1. The van der Waals surface area contributed by atoms with Crippen molar-refractivity contribution in [3.63, 3.8) is 0 Å². The number of carbonyl (C=O) groups excluding carboxylic acids is 1. The van der Waals surface area contributed by atoms with Crippen LogP contribution in [0.3, 0.4) is 0 Å². The molecule has 0 spiro atoms. The van der Waals surface area contributed by atoms with Crippen LogP contribution in [0.2, 0.25) is 0 Å². The molecule has 1 amide bonds. The summed E-state index contributed by atoms with van der Waals surface area (Å²) in [5, 5.41) is 2.92. The molecule has 0 unspecified atom stereocenters. The van der Waals surface area contributed by atoms with Crippen LogP contribution in [0, 0.1) is 6.92 Å². The second-order valence-electron chi connectivity index (χ2n) is 6.34. The Morgan fingerprint density at radius 3 is 2.56 bits per heavy atom. The highest BCUT2D eigenvalue weighted by molar-refractivity contribution is 5.76. The fourth-order valence-corrected chi connectivity index (χ4v) is 2.66. The lowest BCUT2D eigenvalue weighted by Crippen LogP contribution is -2.23. The second-order valence-corrected chi connectivity index (χ2v) is 6.34. The van der Waals surface area contributed by atoms with Gasteiger partial charge in [0.1, 0.15) is 5.75 Å². The van der Waals surface area contributed by atoms with Crippen LogP contribution in [0.5, 0.6) is 5.75 Å². The Labute approximate surface area is 159 Å². The van der Waals surface area contributed by atoms with E-state index < -0.39 is 0 Å². The zero-order valence-electron chi connectivity index (χ0n) is 15.7. The lowest BCUT2D eigenvalue weighted by molar-refractivity contribution is -0.121. The summed E-state index contributed by atoms with van der Waals surface area (Å²) in [5.41, 5.74) is 3.22. The number of hydrogen-bond donors (Lipinski definition) is 1. The molecule has 3 rings (SSSR count). The van der Waals surface area contributed by atoms with Gasteiger partial charge in [-0.2, -0.15) is 0 Å². The predicted molar refractivity (Wildman–Crippen MR) is 104 cm³/mol. The number of nitrogens with zero attached hydrogens (tertiary/aromatic N) is 1. The van der Waals surface area contributed by atoms with Crippen molar-refractivity contribution in [3.05, 3.63) is 71.7 Å². The van der Waals surface area contributed by atoms with E-state index in [4.69, 9.17) is 9.15 Å². The van der Waals surface area contributed by atoms with Crippen molar-refractivity contribution in [2.24, 2.45) is 0 Å². The van der Waals surface area contributed by atoms with Crippen LogP contribution in [0.4, 0.5) is 0 Å². The van der Waals surface area contributed by atoms with Gasteiger partial charge in [0.05, 0.1) is 12.8 Å². The van der Waals surface area contributed by atoms with E-state index in [-0.39, 0.29) is 5.91 Å². The molecule has 0 saturated heterocycles. The molecule has 1 heterocycles. The van der Waals surface area contributed by atoms with Gasteiger partial charge in [-0.25, -0.2) is 4.98 Å². The molecule has 140 valence electrons. The number of oxazole rings is 1. The lowest BCUT2D eigenvalue weighted by Gasteiger charge is -2.05. The molecular weight excluding hydrogens is 340 g/mol. The number of hydrogen-bond acceptors (Lipinski definition) is 4. The van der Waals surface area contributed by atoms with Crippen molar-refractivity contribution in [1.29, 1.82) is 0 Å². The van der Waals surface area contributed by atoms with Crippen LogP contribution in [0.25, 0.3) is 11.3 Å². The second kappa shape index (κ2) is 9.03. The van der Waals surface area contributed by atoms with Crippen molar-refractivity contribution in [2.75, 3.05) is 6.61 Å². The van der Waals surface area contributed by atoms with Crippen molar-refractivity contribution in [3.8, 4) is 17.1 Å². The van der Waals surface area contributed by atoms with E-state index in [9.17, 15) is 4.79 Å². The Morgan fingerprint density at radius 1 is 1.11 bits per heavy atom. The highest BCUT2D eigenvalue weighted by Gasteiger charge is 2.09. The van der Waals surface area contributed by atoms with Crippen LogP contribution in [0.15, 0.2) is 59.1 Å². The van der Waals surface area contributed by atoms with Crippen molar-refractivity contribution >= 4 is 5.91 Å². The minimum Gasteiger partial charge on any atom is -0.494 e. The summed E-state index contributed by atoms with van der Waals surface area (Å²) in [6, 6.07) is 15.8. The molecular formula is C22H24N2O3. The molecule has 2 aromatic carbocycles. The Morgan fingerprint density at radius 2 is 1.85 bits per heavy atom. The maximum absolute atomic E-state index is 12.0. The van der Waals surface area contributed by atoms with Gasteiger partial charge in [0.2, 0.25) is 5.91 Å². The smallest absolute Gasteiger partial charge is 0.220 e. The molecule has 27 heavy (non-hydrogen) atoms. The largest absolute Gasteiger partial charge is 0.494 e. The molecule has 0 bridgehead atoms. The first-order valence-corrected chi connectivity index (χ1v) is 9.14. The number of aryl methyl sites for hydroxylation is 2. The Balaban J connectivity index is 1.48. The predicted octanol–water partition coefficient (Wildman–Crippen LogP) is 4.30. The molecule has 1 aromatic heterocycles. The number of benzene rings is 2. The third-order valence-corrected chi connectivity index (χ3v) is 4.18. The fourth-order valence-electron chi connectivity index (χ4n) is 2.66. The monoisotopic (exact) mass is 364 g/mol. The van der Waals surface area contributed by atoms with Gasteiger partial charge in [0.25, 0.3) is 0 Å². The molecule has 0 saturated carbocycles. The van der Waals surface area contributed by atoms with Gasteiger partial charge in [-0.3, -0.25) is 4.79 Å². The van der Waals surface area contributed by atoms with E-state index >= 15 is 0 Å². The normalized spacial score (nSPS) is 10.6. The summed E-state index contributed by atoms with van der Waals surface area (Å²) in [6.45, 7) is 5.16. The molecule has 0 radical (unpaired) electrons. The number of ether oxygens (including phenoxy) is 1. The highest BCUT2D eigenvalue weighted by atomic mass is 16.5. The first-order chi connectivity index (χ1) is 13.1. The minimum absolute atomic E-state index is 0.0172. The van der Waals surface area contributed by atoms with Gasteiger partial charge in [-0.15, -0.1) is 0 Å². The third kappa shape index (κ3) is 5.45. The van der Waals surface area contributed by atoms with Crippen LogP contribution in [-0.2, 0) is 17.8 Å². The highest BCUT2D eigenvalue weighted by Crippen LogP contribution is 2.23. The minimum atomic E-state index is -0.0172. The summed E-state index contributed by atoms with van der Waals surface area (Å²) >= 11 is 0. The molecule has 1 N–H and O–H groups in total. The fraction of sp³-hybridized carbons (Fsp3) is 0.273. The number of rotatable bonds is 8. The maximum atomic E-state index is 12.0. The summed E-state index contributed by atoms with van der Waals surface area (Å²) in [5.74, 6) is 2.06. The maximum Gasteiger partial charge on any atom is 0.220 e. The molecule has 0 aliphatic carbocycles.